The van der Waals surface area contributed by atoms with Gasteiger partial charge in [0.25, 0.3) is 0 Å². The van der Waals surface area contributed by atoms with Gasteiger partial charge in [0.2, 0.25) is 5.69 Å². The summed E-state index contributed by atoms with van der Waals surface area (Å²) in [6, 6.07) is 15.0. The highest BCUT2D eigenvalue weighted by molar-refractivity contribution is 6.03. The molecule has 0 saturated carbocycles. The summed E-state index contributed by atoms with van der Waals surface area (Å²) >= 11 is 0. The fourth-order valence-electron chi connectivity index (χ4n) is 5.27. The van der Waals surface area contributed by atoms with Crippen LogP contribution in [-0.2, 0) is 15.6 Å². The Balaban J connectivity index is 1.73. The van der Waals surface area contributed by atoms with E-state index in [1.165, 1.54) is 28.1 Å². The summed E-state index contributed by atoms with van der Waals surface area (Å²) < 4.78 is 2.27. The van der Waals surface area contributed by atoms with Gasteiger partial charge in [-0.05, 0) is 38.5 Å². The molecule has 166 valence electrons. The Hall–Kier alpha value is -3.14. The van der Waals surface area contributed by atoms with Crippen molar-refractivity contribution in [1.82, 2.24) is 0 Å². The SMILES string of the molecule is Cc1ccc2c(c1)C(C)(C)C(=CC=CC1=[N+](C)c3ccccc3C1(C)C)N2CCC(=O)O. The molecule has 2 aliphatic heterocycles. The van der Waals surface area contributed by atoms with Gasteiger partial charge in [-0.25, -0.2) is 0 Å². The van der Waals surface area contributed by atoms with E-state index in [0.717, 1.165) is 11.4 Å². The molecule has 0 aromatic heterocycles. The molecule has 4 nitrogen and oxygen atoms in total. The van der Waals surface area contributed by atoms with E-state index in [1.54, 1.807) is 0 Å². The van der Waals surface area contributed by atoms with Crippen molar-refractivity contribution >= 4 is 23.1 Å². The third kappa shape index (κ3) is 3.48. The van der Waals surface area contributed by atoms with Crippen LogP contribution in [-0.4, -0.2) is 35.0 Å². The number of carbonyl (C=O) groups is 1. The van der Waals surface area contributed by atoms with Crippen molar-refractivity contribution in [3.8, 4) is 0 Å². The van der Waals surface area contributed by atoms with Crippen LogP contribution in [0.3, 0.4) is 0 Å². The Morgan fingerprint density at radius 1 is 1.06 bits per heavy atom. The molecule has 0 amide bonds. The first-order chi connectivity index (χ1) is 15.0. The molecule has 2 aliphatic rings. The fourth-order valence-corrected chi connectivity index (χ4v) is 5.27. The van der Waals surface area contributed by atoms with Gasteiger partial charge in [-0.15, -0.1) is 0 Å². The predicted octanol–water partition coefficient (Wildman–Crippen LogP) is 5.71. The summed E-state index contributed by atoms with van der Waals surface area (Å²) in [5.74, 6) is -0.777. The van der Waals surface area contributed by atoms with Gasteiger partial charge in [-0.3, -0.25) is 4.79 Å². The van der Waals surface area contributed by atoms with Crippen molar-refractivity contribution in [2.45, 2.75) is 51.9 Å². The Bertz CT molecular complexity index is 1180. The minimum Gasteiger partial charge on any atom is -0.481 e. The molecule has 0 radical (unpaired) electrons. The Morgan fingerprint density at radius 3 is 2.47 bits per heavy atom. The third-order valence-corrected chi connectivity index (χ3v) is 7.05. The van der Waals surface area contributed by atoms with E-state index in [0.29, 0.717) is 6.54 Å². The maximum atomic E-state index is 11.3. The molecule has 2 aromatic rings. The molecule has 0 atom stereocenters. The summed E-state index contributed by atoms with van der Waals surface area (Å²) in [4.78, 5) is 13.5. The van der Waals surface area contributed by atoms with Crippen molar-refractivity contribution in [2.75, 3.05) is 18.5 Å². The molecule has 0 saturated heterocycles. The number of carboxylic acids is 1. The van der Waals surface area contributed by atoms with Gasteiger partial charge in [0.15, 0.2) is 5.71 Å². The lowest BCUT2D eigenvalue weighted by Gasteiger charge is -2.26. The minimum atomic E-state index is -0.777. The maximum absolute atomic E-state index is 11.3. The molecular weight excluding hydrogens is 396 g/mol. The molecule has 0 unspecified atom stereocenters. The van der Waals surface area contributed by atoms with Crippen molar-refractivity contribution in [3.05, 3.63) is 83.1 Å². The second kappa shape index (κ2) is 7.77. The zero-order valence-electron chi connectivity index (χ0n) is 19.9. The second-order valence-corrected chi connectivity index (χ2v) is 9.94. The first-order valence-corrected chi connectivity index (χ1v) is 11.2. The lowest BCUT2D eigenvalue weighted by atomic mass is 9.81. The van der Waals surface area contributed by atoms with Gasteiger partial charge in [0.05, 0.1) is 11.8 Å². The number of aliphatic carboxylic acids is 1. The van der Waals surface area contributed by atoms with Gasteiger partial charge in [0.1, 0.15) is 7.05 Å². The zero-order valence-corrected chi connectivity index (χ0v) is 19.9. The number of allylic oxidation sites excluding steroid dienone is 4. The smallest absolute Gasteiger partial charge is 0.305 e. The van der Waals surface area contributed by atoms with Crippen molar-refractivity contribution in [3.63, 3.8) is 0 Å². The monoisotopic (exact) mass is 429 g/mol. The Kier molecular flexibility index (Phi) is 5.36. The van der Waals surface area contributed by atoms with E-state index >= 15 is 0 Å². The standard InChI is InChI=1S/C28H32N2O2/c1-19-14-15-23-21(18-19)28(4,5)25(30(23)17-16-26(31)32)13-9-12-24-27(2,3)20-10-7-8-11-22(20)29(24)6/h7-15,18H,16-17H2,1-6H3/p+1. The highest BCUT2D eigenvalue weighted by atomic mass is 16.4. The molecule has 0 spiro atoms. The van der Waals surface area contributed by atoms with E-state index in [-0.39, 0.29) is 17.3 Å². The number of aryl methyl sites for hydroxylation is 1. The van der Waals surface area contributed by atoms with E-state index in [4.69, 9.17) is 0 Å². The lowest BCUT2D eigenvalue weighted by Crippen LogP contribution is -2.28. The topological polar surface area (TPSA) is 43.5 Å². The van der Waals surface area contributed by atoms with Crippen LogP contribution >= 0.6 is 0 Å². The molecule has 2 aromatic carbocycles. The highest BCUT2D eigenvalue weighted by Crippen LogP contribution is 2.48. The highest BCUT2D eigenvalue weighted by Gasteiger charge is 2.43. The number of nitrogens with zero attached hydrogens (tertiary/aromatic N) is 2. The molecular formula is C28H33N2O2+. The zero-order chi connectivity index (χ0) is 23.3. The average Bonchev–Trinajstić information content (AvgIpc) is 3.06. The van der Waals surface area contributed by atoms with Crippen LogP contribution in [0.25, 0.3) is 0 Å². The van der Waals surface area contributed by atoms with E-state index in [2.05, 4.69) is 112 Å². The van der Waals surface area contributed by atoms with Gasteiger partial charge in [-0.2, -0.15) is 4.58 Å². The molecule has 4 heteroatoms. The van der Waals surface area contributed by atoms with E-state index in [9.17, 15) is 9.90 Å². The van der Waals surface area contributed by atoms with Crippen LogP contribution in [0, 0.1) is 6.92 Å². The summed E-state index contributed by atoms with van der Waals surface area (Å²) in [6.07, 6.45) is 6.60. The molecule has 4 rings (SSSR count). The van der Waals surface area contributed by atoms with Gasteiger partial charge >= 0.3 is 5.97 Å². The van der Waals surface area contributed by atoms with Crippen LogP contribution in [0.5, 0.6) is 0 Å². The second-order valence-electron chi connectivity index (χ2n) is 9.94. The summed E-state index contributed by atoms with van der Waals surface area (Å²) in [6.45, 7) is 11.5. The van der Waals surface area contributed by atoms with Gasteiger partial charge < -0.3 is 10.0 Å². The number of hydrogen-bond donors (Lipinski definition) is 1. The Labute approximate surface area is 191 Å². The number of benzene rings is 2. The van der Waals surface area contributed by atoms with Crippen LogP contribution in [0.15, 0.2) is 66.4 Å². The number of para-hydroxylation sites is 1. The van der Waals surface area contributed by atoms with Crippen LogP contribution in [0.2, 0.25) is 0 Å². The Morgan fingerprint density at radius 2 is 1.78 bits per heavy atom. The number of carboxylic acid groups (broad SMARTS) is 1. The molecule has 2 heterocycles. The molecule has 1 N–H and O–H groups in total. The lowest BCUT2D eigenvalue weighted by molar-refractivity contribution is -0.401. The quantitative estimate of drug-likeness (QED) is 0.619. The summed E-state index contributed by atoms with van der Waals surface area (Å²) in [5, 5.41) is 9.31. The normalized spacial score (nSPS) is 19.7. The summed E-state index contributed by atoms with van der Waals surface area (Å²) in [7, 11) is 2.12. The third-order valence-electron chi connectivity index (χ3n) is 7.05. The minimum absolute atomic E-state index is 0.0748. The summed E-state index contributed by atoms with van der Waals surface area (Å²) in [5.41, 5.74) is 8.27. The number of fused-ring (bicyclic) bond motifs is 2. The van der Waals surface area contributed by atoms with Gasteiger partial charge in [0, 0.05) is 41.1 Å². The van der Waals surface area contributed by atoms with Gasteiger partial charge in [-0.1, -0.05) is 55.8 Å². The largest absolute Gasteiger partial charge is 0.481 e. The van der Waals surface area contributed by atoms with Crippen LogP contribution in [0.1, 0.15) is 50.8 Å². The van der Waals surface area contributed by atoms with E-state index < -0.39 is 5.97 Å². The number of hydrogen-bond acceptors (Lipinski definition) is 2. The average molecular weight is 430 g/mol. The van der Waals surface area contributed by atoms with Crippen molar-refractivity contribution in [2.24, 2.45) is 0 Å². The van der Waals surface area contributed by atoms with Crippen LogP contribution < -0.4 is 4.90 Å². The first kappa shape index (κ1) is 22.1. The molecule has 0 aliphatic carbocycles. The fraction of sp³-hybridized carbons (Fsp3) is 0.357. The predicted molar refractivity (Wildman–Crippen MR) is 131 cm³/mol. The number of anilines is 1. The van der Waals surface area contributed by atoms with Crippen molar-refractivity contribution < 1.29 is 14.5 Å². The molecule has 0 bridgehead atoms. The molecule has 0 fully saturated rings. The number of rotatable bonds is 5. The maximum Gasteiger partial charge on any atom is 0.305 e. The van der Waals surface area contributed by atoms with Crippen LogP contribution in [0.4, 0.5) is 11.4 Å². The van der Waals surface area contributed by atoms with E-state index in [1.807, 2.05) is 0 Å². The van der Waals surface area contributed by atoms with Crippen molar-refractivity contribution in [1.29, 1.82) is 0 Å². The molecule has 32 heavy (non-hydrogen) atoms. The first-order valence-electron chi connectivity index (χ1n) is 11.2.